The first-order valence-electron chi connectivity index (χ1n) is 20.3. The number of hydrogen-bond donors (Lipinski definition) is 1. The van der Waals surface area contributed by atoms with Gasteiger partial charge in [-0.15, -0.1) is 0 Å². The Morgan fingerprint density at radius 2 is 1.08 bits per heavy atom. The van der Waals surface area contributed by atoms with Crippen molar-refractivity contribution in [1.82, 2.24) is 0 Å². The molecule has 3 nitrogen and oxygen atoms in total. The quantitative estimate of drug-likeness (QED) is 0.167. The van der Waals surface area contributed by atoms with E-state index in [9.17, 15) is 0 Å². The zero-order chi connectivity index (χ0) is 39.1. The van der Waals surface area contributed by atoms with Crippen molar-refractivity contribution >= 4 is 49.9 Å². The lowest BCUT2D eigenvalue weighted by Crippen LogP contribution is -2.29. The molecule has 0 spiro atoms. The van der Waals surface area contributed by atoms with Crippen molar-refractivity contribution < 1.29 is 4.74 Å². The molecule has 1 heterocycles. The SMILES string of the molecule is C1=C2c3ccccc3OC2C(c2ccccc2)C(Nc2ccc(-c3ccc(N(c4ccccc4)c4ccc(-c5ccc6ccccc6c5)cc4)c4ccccc34)cc2)=C1. The van der Waals surface area contributed by atoms with Crippen molar-refractivity contribution in [2.75, 3.05) is 10.2 Å². The van der Waals surface area contributed by atoms with E-state index in [1.165, 1.54) is 60.5 Å². The van der Waals surface area contributed by atoms with E-state index in [4.69, 9.17) is 4.74 Å². The fourth-order valence-corrected chi connectivity index (χ4v) is 8.98. The molecule has 0 fully saturated rings. The minimum atomic E-state index is -0.0931. The monoisotopic (exact) mass is 756 g/mol. The summed E-state index contributed by atoms with van der Waals surface area (Å²) >= 11 is 0. The summed E-state index contributed by atoms with van der Waals surface area (Å²) in [5.74, 6) is 0.978. The maximum absolute atomic E-state index is 6.63. The van der Waals surface area contributed by atoms with Crippen LogP contribution in [0.1, 0.15) is 17.0 Å². The molecule has 9 aromatic carbocycles. The second-order valence-corrected chi connectivity index (χ2v) is 15.3. The first-order valence-corrected chi connectivity index (χ1v) is 20.3. The van der Waals surface area contributed by atoms with E-state index in [2.05, 4.69) is 229 Å². The minimum absolute atomic E-state index is 0.0298. The largest absolute Gasteiger partial charge is 0.484 e. The van der Waals surface area contributed by atoms with Gasteiger partial charge in [-0.05, 0) is 105 Å². The van der Waals surface area contributed by atoms with Crippen molar-refractivity contribution in [3.8, 4) is 28.0 Å². The van der Waals surface area contributed by atoms with Crippen LogP contribution in [0.4, 0.5) is 22.7 Å². The number of benzene rings is 9. The zero-order valence-electron chi connectivity index (χ0n) is 32.4. The van der Waals surface area contributed by atoms with E-state index in [-0.39, 0.29) is 12.0 Å². The number of ether oxygens (including phenoxy) is 1. The molecule has 280 valence electrons. The van der Waals surface area contributed by atoms with Crippen molar-refractivity contribution in [2.24, 2.45) is 0 Å². The van der Waals surface area contributed by atoms with Crippen molar-refractivity contribution in [3.63, 3.8) is 0 Å². The van der Waals surface area contributed by atoms with Gasteiger partial charge in [0.05, 0.1) is 11.6 Å². The number of nitrogens with zero attached hydrogens (tertiary/aromatic N) is 1. The molecule has 1 N–H and O–H groups in total. The first kappa shape index (κ1) is 34.6. The van der Waals surface area contributed by atoms with Crippen LogP contribution in [0.5, 0.6) is 5.75 Å². The zero-order valence-corrected chi connectivity index (χ0v) is 32.4. The number of hydrogen-bond acceptors (Lipinski definition) is 3. The molecule has 2 atom stereocenters. The molecule has 9 aromatic rings. The number of allylic oxidation sites excluding steroid dienone is 2. The van der Waals surface area contributed by atoms with E-state index >= 15 is 0 Å². The summed E-state index contributed by atoms with van der Waals surface area (Å²) in [5, 5.41) is 8.69. The van der Waals surface area contributed by atoms with Gasteiger partial charge in [-0.1, -0.05) is 164 Å². The van der Waals surface area contributed by atoms with Crippen molar-refractivity contribution in [1.29, 1.82) is 0 Å². The Morgan fingerprint density at radius 1 is 0.441 bits per heavy atom. The standard InChI is InChI=1S/C56H40N2O/c1-3-14-41(15-4-1)55-52(35-33-51-50-21-11-12-22-54(50)59-56(51)55)57-44-29-25-40(26-30-44)47-34-36-53(49-20-10-9-19-48(47)49)58(45-17-5-2-6-18-45)46-31-27-39(28-32-46)43-24-23-38-13-7-8-16-42(38)37-43/h1-37,55-57H. The molecule has 59 heavy (non-hydrogen) atoms. The first-order chi connectivity index (χ1) is 29.2. The number of nitrogens with one attached hydrogen (secondary N) is 1. The Morgan fingerprint density at radius 3 is 1.90 bits per heavy atom. The molecular formula is C56H40N2O. The lowest BCUT2D eigenvalue weighted by molar-refractivity contribution is 0.254. The van der Waals surface area contributed by atoms with Gasteiger partial charge < -0.3 is 15.0 Å². The van der Waals surface area contributed by atoms with E-state index in [0.29, 0.717) is 0 Å². The number of anilines is 4. The summed E-state index contributed by atoms with van der Waals surface area (Å²) in [5.41, 5.74) is 13.9. The lowest BCUT2D eigenvalue weighted by atomic mass is 9.81. The highest BCUT2D eigenvalue weighted by atomic mass is 16.5. The fourth-order valence-electron chi connectivity index (χ4n) is 8.98. The summed E-state index contributed by atoms with van der Waals surface area (Å²) in [6.45, 7) is 0. The Balaban J connectivity index is 0.920. The van der Waals surface area contributed by atoms with Gasteiger partial charge in [0.25, 0.3) is 0 Å². The van der Waals surface area contributed by atoms with E-state index < -0.39 is 0 Å². The molecule has 2 unspecified atom stereocenters. The van der Waals surface area contributed by atoms with Crippen LogP contribution in [-0.2, 0) is 0 Å². The van der Waals surface area contributed by atoms with Gasteiger partial charge in [-0.3, -0.25) is 0 Å². The molecule has 0 saturated heterocycles. The maximum Gasteiger partial charge on any atom is 0.137 e. The van der Waals surface area contributed by atoms with E-state index in [1.807, 2.05) is 6.07 Å². The molecule has 3 heteroatoms. The molecule has 0 bridgehead atoms. The van der Waals surface area contributed by atoms with Gasteiger partial charge in [0, 0.05) is 39.3 Å². The van der Waals surface area contributed by atoms with E-state index in [0.717, 1.165) is 34.2 Å². The minimum Gasteiger partial charge on any atom is -0.484 e. The van der Waals surface area contributed by atoms with Gasteiger partial charge in [0.15, 0.2) is 0 Å². The van der Waals surface area contributed by atoms with Gasteiger partial charge in [0.1, 0.15) is 11.9 Å². The summed E-state index contributed by atoms with van der Waals surface area (Å²) in [6.07, 6.45) is 4.35. The Hall–Kier alpha value is -7.62. The average molecular weight is 757 g/mol. The highest BCUT2D eigenvalue weighted by Gasteiger charge is 2.39. The predicted molar refractivity (Wildman–Crippen MR) is 247 cm³/mol. The fraction of sp³-hybridized carbons (Fsp3) is 0.0357. The molecule has 1 aliphatic heterocycles. The highest BCUT2D eigenvalue weighted by Crippen LogP contribution is 2.48. The molecule has 0 saturated carbocycles. The second kappa shape index (κ2) is 14.7. The smallest absolute Gasteiger partial charge is 0.137 e. The van der Waals surface area contributed by atoms with Crippen LogP contribution in [0.25, 0.3) is 49.4 Å². The topological polar surface area (TPSA) is 24.5 Å². The Kier molecular flexibility index (Phi) is 8.63. The van der Waals surface area contributed by atoms with Crippen LogP contribution in [0.15, 0.2) is 230 Å². The maximum atomic E-state index is 6.63. The Bertz CT molecular complexity index is 3040. The molecule has 1 aliphatic carbocycles. The second-order valence-electron chi connectivity index (χ2n) is 15.3. The summed E-state index contributed by atoms with van der Waals surface area (Å²) in [6, 6.07) is 76.1. The normalized spacial score (nSPS) is 15.5. The molecular weight excluding hydrogens is 717 g/mol. The van der Waals surface area contributed by atoms with Crippen LogP contribution >= 0.6 is 0 Å². The molecule has 0 aromatic heterocycles. The van der Waals surface area contributed by atoms with E-state index in [1.54, 1.807) is 0 Å². The molecule has 11 rings (SSSR count). The lowest BCUT2D eigenvalue weighted by Gasteiger charge is -2.31. The number of fused-ring (bicyclic) bond motifs is 5. The third kappa shape index (κ3) is 6.34. The van der Waals surface area contributed by atoms with Crippen LogP contribution in [0.2, 0.25) is 0 Å². The van der Waals surface area contributed by atoms with Gasteiger partial charge in [0.2, 0.25) is 0 Å². The number of para-hydroxylation sites is 2. The summed E-state index contributed by atoms with van der Waals surface area (Å²) in [4.78, 5) is 2.37. The van der Waals surface area contributed by atoms with Gasteiger partial charge in [-0.2, -0.15) is 0 Å². The highest BCUT2D eigenvalue weighted by molar-refractivity contribution is 6.06. The molecule has 0 radical (unpaired) electrons. The molecule has 2 aliphatic rings. The van der Waals surface area contributed by atoms with Crippen LogP contribution in [0, 0.1) is 0 Å². The average Bonchev–Trinajstić information content (AvgIpc) is 3.69. The van der Waals surface area contributed by atoms with Crippen LogP contribution < -0.4 is 15.0 Å². The van der Waals surface area contributed by atoms with Gasteiger partial charge in [-0.25, -0.2) is 0 Å². The Labute approximate surface area is 344 Å². The summed E-state index contributed by atoms with van der Waals surface area (Å²) in [7, 11) is 0. The van der Waals surface area contributed by atoms with Crippen LogP contribution in [0.3, 0.4) is 0 Å². The summed E-state index contributed by atoms with van der Waals surface area (Å²) < 4.78 is 6.63. The van der Waals surface area contributed by atoms with Crippen molar-refractivity contribution in [3.05, 3.63) is 241 Å². The van der Waals surface area contributed by atoms with Crippen molar-refractivity contribution in [2.45, 2.75) is 12.0 Å². The van der Waals surface area contributed by atoms with Crippen LogP contribution in [-0.4, -0.2) is 6.10 Å². The molecule has 0 amide bonds. The third-order valence-electron chi connectivity index (χ3n) is 11.8. The third-order valence-corrected chi connectivity index (χ3v) is 11.8. The predicted octanol–water partition coefficient (Wildman–Crippen LogP) is 14.7. The number of rotatable bonds is 8. The van der Waals surface area contributed by atoms with Gasteiger partial charge >= 0.3 is 0 Å².